The van der Waals surface area contributed by atoms with Crippen LogP contribution in [-0.4, -0.2) is 30.9 Å². The Kier molecular flexibility index (Phi) is 6.63. The number of rotatable bonds is 4. The summed E-state index contributed by atoms with van der Waals surface area (Å²) < 4.78 is 39.1. The van der Waals surface area contributed by atoms with Crippen LogP contribution in [0.5, 0.6) is 0 Å². The van der Waals surface area contributed by atoms with Crippen LogP contribution >= 0.6 is 12.4 Å². The number of nitrogens with one attached hydrogen (secondary N) is 3. The summed E-state index contributed by atoms with van der Waals surface area (Å²) in [6, 6.07) is 1.28. The number of anilines is 1. The molecule has 2 rings (SSSR count). The summed E-state index contributed by atoms with van der Waals surface area (Å²) in [6.45, 7) is 0.361. The second-order valence-electron chi connectivity index (χ2n) is 4.64. The first-order chi connectivity index (χ1) is 9.99. The Labute approximate surface area is 131 Å². The van der Waals surface area contributed by atoms with Crippen molar-refractivity contribution in [3.05, 3.63) is 29.6 Å². The third kappa shape index (κ3) is 4.35. The second-order valence-corrected chi connectivity index (χ2v) is 4.64. The molecule has 1 fully saturated rings. The minimum absolute atomic E-state index is 0. The highest BCUT2D eigenvalue weighted by Gasteiger charge is 2.22. The van der Waals surface area contributed by atoms with Gasteiger partial charge >= 0.3 is 0 Å². The SMILES string of the molecule is Cl.O=C(CNC(=O)C1CCCN1)Nc1ccc(F)c(F)c1F. The molecule has 3 N–H and O–H groups in total. The number of halogens is 4. The zero-order chi connectivity index (χ0) is 15.4. The van der Waals surface area contributed by atoms with Crippen LogP contribution in [0.2, 0.25) is 0 Å². The Morgan fingerprint density at radius 1 is 1.23 bits per heavy atom. The molecule has 0 bridgehead atoms. The first-order valence-corrected chi connectivity index (χ1v) is 6.43. The number of carbonyl (C=O) groups excluding carboxylic acids is 2. The van der Waals surface area contributed by atoms with Crippen LogP contribution in [0.4, 0.5) is 18.9 Å². The first kappa shape index (κ1) is 18.2. The van der Waals surface area contributed by atoms with E-state index in [0.29, 0.717) is 12.5 Å². The van der Waals surface area contributed by atoms with E-state index in [4.69, 9.17) is 0 Å². The molecule has 0 radical (unpaired) electrons. The smallest absolute Gasteiger partial charge is 0.243 e. The molecular weight excluding hydrogens is 323 g/mol. The van der Waals surface area contributed by atoms with Gasteiger partial charge in [-0.2, -0.15) is 0 Å². The standard InChI is InChI=1S/C13H14F3N3O2.ClH/c14-7-3-4-8(12(16)11(7)15)19-10(20)6-18-13(21)9-2-1-5-17-9;/h3-4,9,17H,1-2,5-6H2,(H,18,21)(H,19,20);1H. The fraction of sp³-hybridized carbons (Fsp3) is 0.385. The molecular formula is C13H15ClF3N3O2. The van der Waals surface area contributed by atoms with Crippen LogP contribution in [-0.2, 0) is 9.59 Å². The lowest BCUT2D eigenvalue weighted by Gasteiger charge is -2.11. The van der Waals surface area contributed by atoms with Crippen molar-refractivity contribution in [2.45, 2.75) is 18.9 Å². The van der Waals surface area contributed by atoms with Gasteiger partial charge < -0.3 is 16.0 Å². The molecule has 1 aromatic carbocycles. The number of amides is 2. The average molecular weight is 338 g/mol. The van der Waals surface area contributed by atoms with Gasteiger partial charge in [-0.3, -0.25) is 9.59 Å². The molecule has 122 valence electrons. The predicted molar refractivity (Wildman–Crippen MR) is 76.2 cm³/mol. The van der Waals surface area contributed by atoms with E-state index in [1.54, 1.807) is 0 Å². The molecule has 5 nitrogen and oxygen atoms in total. The Balaban J connectivity index is 0.00000242. The topological polar surface area (TPSA) is 70.2 Å². The molecule has 1 aliphatic rings. The van der Waals surface area contributed by atoms with Gasteiger partial charge in [0.2, 0.25) is 11.8 Å². The summed E-state index contributed by atoms with van der Waals surface area (Å²) in [5.74, 6) is -5.54. The molecule has 9 heteroatoms. The molecule has 2 amide bonds. The van der Waals surface area contributed by atoms with Gasteiger partial charge in [0.05, 0.1) is 18.3 Å². The van der Waals surface area contributed by atoms with Gasteiger partial charge in [-0.15, -0.1) is 12.4 Å². The number of hydrogen-bond acceptors (Lipinski definition) is 3. The molecule has 1 atom stereocenters. The zero-order valence-electron chi connectivity index (χ0n) is 11.4. The largest absolute Gasteiger partial charge is 0.346 e. The quantitative estimate of drug-likeness (QED) is 0.726. The highest BCUT2D eigenvalue weighted by atomic mass is 35.5. The minimum Gasteiger partial charge on any atom is -0.346 e. The van der Waals surface area contributed by atoms with Gasteiger partial charge in [0.1, 0.15) is 0 Å². The van der Waals surface area contributed by atoms with Crippen molar-refractivity contribution in [1.29, 1.82) is 0 Å². The van der Waals surface area contributed by atoms with Crippen molar-refractivity contribution >= 4 is 29.9 Å². The number of hydrogen-bond donors (Lipinski definition) is 3. The molecule has 1 aromatic rings. The molecule has 1 aliphatic heterocycles. The Bertz CT molecular complexity index is 566. The maximum Gasteiger partial charge on any atom is 0.243 e. The summed E-state index contributed by atoms with van der Waals surface area (Å²) in [5, 5.41) is 7.41. The average Bonchev–Trinajstić information content (AvgIpc) is 3.00. The van der Waals surface area contributed by atoms with Crippen LogP contribution in [0.3, 0.4) is 0 Å². The summed E-state index contributed by atoms with van der Waals surface area (Å²) >= 11 is 0. The van der Waals surface area contributed by atoms with Crippen molar-refractivity contribution < 1.29 is 22.8 Å². The number of benzene rings is 1. The van der Waals surface area contributed by atoms with Gasteiger partial charge in [0, 0.05) is 0 Å². The Morgan fingerprint density at radius 3 is 2.59 bits per heavy atom. The van der Waals surface area contributed by atoms with E-state index in [2.05, 4.69) is 16.0 Å². The molecule has 1 unspecified atom stereocenters. The molecule has 0 spiro atoms. The van der Waals surface area contributed by atoms with E-state index in [0.717, 1.165) is 19.0 Å². The van der Waals surface area contributed by atoms with Crippen LogP contribution < -0.4 is 16.0 Å². The van der Waals surface area contributed by atoms with Crippen molar-refractivity contribution in [1.82, 2.24) is 10.6 Å². The van der Waals surface area contributed by atoms with E-state index in [-0.39, 0.29) is 30.9 Å². The maximum absolute atomic E-state index is 13.3. The maximum atomic E-state index is 13.3. The van der Waals surface area contributed by atoms with E-state index in [9.17, 15) is 22.8 Å². The summed E-state index contributed by atoms with van der Waals surface area (Å²) in [6.07, 6.45) is 1.57. The lowest BCUT2D eigenvalue weighted by Crippen LogP contribution is -2.43. The van der Waals surface area contributed by atoms with Crippen LogP contribution in [0.1, 0.15) is 12.8 Å². The monoisotopic (exact) mass is 337 g/mol. The second kappa shape index (κ2) is 8.00. The van der Waals surface area contributed by atoms with Gasteiger partial charge in [0.25, 0.3) is 0 Å². The van der Waals surface area contributed by atoms with Crippen molar-refractivity contribution in [2.75, 3.05) is 18.4 Å². The molecule has 22 heavy (non-hydrogen) atoms. The van der Waals surface area contributed by atoms with E-state index < -0.39 is 29.0 Å². The van der Waals surface area contributed by atoms with Crippen molar-refractivity contribution in [3.8, 4) is 0 Å². The van der Waals surface area contributed by atoms with Crippen LogP contribution in [0.15, 0.2) is 12.1 Å². The third-order valence-electron chi connectivity index (χ3n) is 3.11. The minimum atomic E-state index is -1.66. The molecule has 0 aliphatic carbocycles. The highest BCUT2D eigenvalue weighted by Crippen LogP contribution is 2.19. The predicted octanol–water partition coefficient (Wildman–Crippen LogP) is 1.33. The molecule has 0 aromatic heterocycles. The fourth-order valence-corrected chi connectivity index (χ4v) is 2.02. The van der Waals surface area contributed by atoms with Crippen molar-refractivity contribution in [3.63, 3.8) is 0 Å². The summed E-state index contributed by atoms with van der Waals surface area (Å²) in [5.41, 5.74) is -0.479. The first-order valence-electron chi connectivity index (χ1n) is 6.43. The molecule has 1 saturated heterocycles. The third-order valence-corrected chi connectivity index (χ3v) is 3.11. The Morgan fingerprint density at radius 2 is 1.95 bits per heavy atom. The van der Waals surface area contributed by atoms with Gasteiger partial charge in [-0.25, -0.2) is 13.2 Å². The van der Waals surface area contributed by atoms with E-state index >= 15 is 0 Å². The Hall–Kier alpha value is -1.80. The van der Waals surface area contributed by atoms with Crippen LogP contribution in [0, 0.1) is 17.5 Å². The lowest BCUT2D eigenvalue weighted by molar-refractivity contribution is -0.125. The van der Waals surface area contributed by atoms with Crippen molar-refractivity contribution in [2.24, 2.45) is 0 Å². The number of carbonyl (C=O) groups is 2. The van der Waals surface area contributed by atoms with Gasteiger partial charge in [-0.05, 0) is 31.5 Å². The van der Waals surface area contributed by atoms with Crippen LogP contribution in [0.25, 0.3) is 0 Å². The van der Waals surface area contributed by atoms with Gasteiger partial charge in [0.15, 0.2) is 17.5 Å². The molecule has 1 heterocycles. The van der Waals surface area contributed by atoms with E-state index in [1.807, 2.05) is 0 Å². The highest BCUT2D eigenvalue weighted by molar-refractivity contribution is 5.95. The summed E-state index contributed by atoms with van der Waals surface area (Å²) in [7, 11) is 0. The fourth-order valence-electron chi connectivity index (χ4n) is 2.02. The summed E-state index contributed by atoms with van der Waals surface area (Å²) in [4.78, 5) is 23.2. The lowest BCUT2D eigenvalue weighted by atomic mass is 10.2. The van der Waals surface area contributed by atoms with E-state index in [1.165, 1.54) is 0 Å². The molecule has 0 saturated carbocycles. The zero-order valence-corrected chi connectivity index (χ0v) is 12.2. The normalized spacial score (nSPS) is 16.8. The van der Waals surface area contributed by atoms with Gasteiger partial charge in [-0.1, -0.05) is 0 Å².